The molecule has 0 aliphatic carbocycles. The van der Waals surface area contributed by atoms with Gasteiger partial charge in [0.05, 0.1) is 6.61 Å². The minimum Gasteiger partial charge on any atom is -0.490 e. The zero-order valence-electron chi connectivity index (χ0n) is 14.1. The van der Waals surface area contributed by atoms with E-state index >= 15 is 0 Å². The standard InChI is InChI=1S/C17H25NO5/c1-5-22-15-9-13(6-7-14(15)23-10-16(19)20)17(21)18-12(4)8-11(2)3/h6-7,9,11-12H,5,8,10H2,1-4H3,(H,18,21)(H,19,20). The third-order valence-corrected chi connectivity index (χ3v) is 3.06. The van der Waals surface area contributed by atoms with Gasteiger partial charge in [-0.25, -0.2) is 4.79 Å². The molecule has 0 spiro atoms. The summed E-state index contributed by atoms with van der Waals surface area (Å²) in [7, 11) is 0. The lowest BCUT2D eigenvalue weighted by molar-refractivity contribution is -0.139. The third kappa shape index (κ3) is 6.59. The van der Waals surface area contributed by atoms with E-state index in [1.165, 1.54) is 0 Å². The molecule has 1 aromatic rings. The van der Waals surface area contributed by atoms with Crippen LogP contribution in [0.5, 0.6) is 11.5 Å². The van der Waals surface area contributed by atoms with E-state index in [-0.39, 0.29) is 11.9 Å². The Morgan fingerprint density at radius 1 is 1.17 bits per heavy atom. The summed E-state index contributed by atoms with van der Waals surface area (Å²) in [6.45, 7) is 7.90. The van der Waals surface area contributed by atoms with Gasteiger partial charge in [-0.2, -0.15) is 0 Å². The minimum absolute atomic E-state index is 0.0704. The van der Waals surface area contributed by atoms with Crippen LogP contribution in [0.1, 0.15) is 44.5 Å². The van der Waals surface area contributed by atoms with Crippen molar-refractivity contribution in [3.8, 4) is 11.5 Å². The Labute approximate surface area is 136 Å². The highest BCUT2D eigenvalue weighted by molar-refractivity contribution is 5.95. The zero-order valence-corrected chi connectivity index (χ0v) is 14.1. The fourth-order valence-corrected chi connectivity index (χ4v) is 2.25. The predicted octanol–water partition coefficient (Wildman–Crippen LogP) is 2.71. The smallest absolute Gasteiger partial charge is 0.341 e. The van der Waals surface area contributed by atoms with Crippen LogP contribution in [0.4, 0.5) is 0 Å². The lowest BCUT2D eigenvalue weighted by Gasteiger charge is -2.17. The molecule has 0 bridgehead atoms. The molecule has 0 saturated carbocycles. The third-order valence-electron chi connectivity index (χ3n) is 3.06. The van der Waals surface area contributed by atoms with E-state index in [0.29, 0.717) is 29.6 Å². The zero-order chi connectivity index (χ0) is 17.4. The molecule has 1 unspecified atom stereocenters. The van der Waals surface area contributed by atoms with Gasteiger partial charge in [0.15, 0.2) is 18.1 Å². The summed E-state index contributed by atoms with van der Waals surface area (Å²) in [6.07, 6.45) is 0.893. The summed E-state index contributed by atoms with van der Waals surface area (Å²) in [6, 6.07) is 4.78. The van der Waals surface area contributed by atoms with E-state index in [4.69, 9.17) is 14.6 Å². The lowest BCUT2D eigenvalue weighted by Crippen LogP contribution is -2.33. The Morgan fingerprint density at radius 3 is 2.43 bits per heavy atom. The van der Waals surface area contributed by atoms with Crippen LogP contribution in [0.3, 0.4) is 0 Å². The van der Waals surface area contributed by atoms with Crippen LogP contribution in [0.2, 0.25) is 0 Å². The van der Waals surface area contributed by atoms with Gasteiger partial charge in [-0.3, -0.25) is 4.79 Å². The van der Waals surface area contributed by atoms with Gasteiger partial charge in [0.25, 0.3) is 5.91 Å². The molecule has 6 nitrogen and oxygen atoms in total. The quantitative estimate of drug-likeness (QED) is 0.730. The molecule has 1 atom stereocenters. The fourth-order valence-electron chi connectivity index (χ4n) is 2.25. The number of ether oxygens (including phenoxy) is 2. The van der Waals surface area contributed by atoms with E-state index < -0.39 is 12.6 Å². The number of nitrogens with one attached hydrogen (secondary N) is 1. The highest BCUT2D eigenvalue weighted by Gasteiger charge is 2.15. The molecule has 0 aromatic heterocycles. The number of hydrogen-bond donors (Lipinski definition) is 2. The molecule has 0 fully saturated rings. The van der Waals surface area contributed by atoms with E-state index in [1.54, 1.807) is 25.1 Å². The largest absolute Gasteiger partial charge is 0.490 e. The first-order valence-electron chi connectivity index (χ1n) is 7.75. The number of aliphatic carboxylic acids is 1. The van der Waals surface area contributed by atoms with Crippen LogP contribution >= 0.6 is 0 Å². The van der Waals surface area contributed by atoms with E-state index in [2.05, 4.69) is 19.2 Å². The molecular formula is C17H25NO5. The van der Waals surface area contributed by atoms with Gasteiger partial charge in [0.1, 0.15) is 0 Å². The van der Waals surface area contributed by atoms with Gasteiger partial charge < -0.3 is 19.9 Å². The monoisotopic (exact) mass is 323 g/mol. The van der Waals surface area contributed by atoms with Gasteiger partial charge in [-0.1, -0.05) is 13.8 Å². The first kappa shape index (κ1) is 18.8. The SMILES string of the molecule is CCOc1cc(C(=O)NC(C)CC(C)C)ccc1OCC(=O)O. The summed E-state index contributed by atoms with van der Waals surface area (Å²) < 4.78 is 10.6. The molecule has 128 valence electrons. The Balaban J connectivity index is 2.85. The summed E-state index contributed by atoms with van der Waals surface area (Å²) in [5, 5.41) is 11.6. The second kappa shape index (κ2) is 9.02. The molecule has 2 N–H and O–H groups in total. The Bertz CT molecular complexity index is 542. The molecule has 1 aromatic carbocycles. The Kier molecular flexibility index (Phi) is 7.38. The first-order chi connectivity index (χ1) is 10.8. The topological polar surface area (TPSA) is 84.9 Å². The van der Waals surface area contributed by atoms with Crippen LogP contribution in [0.15, 0.2) is 18.2 Å². The van der Waals surface area contributed by atoms with Gasteiger partial charge in [-0.15, -0.1) is 0 Å². The maximum Gasteiger partial charge on any atom is 0.341 e. The van der Waals surface area contributed by atoms with Gasteiger partial charge in [-0.05, 0) is 44.4 Å². The van der Waals surface area contributed by atoms with Crippen LogP contribution in [0.25, 0.3) is 0 Å². The van der Waals surface area contributed by atoms with Gasteiger partial charge in [0, 0.05) is 11.6 Å². The van der Waals surface area contributed by atoms with Crippen molar-refractivity contribution >= 4 is 11.9 Å². The second-order valence-corrected chi connectivity index (χ2v) is 5.78. The number of carbonyl (C=O) groups excluding carboxylic acids is 1. The summed E-state index contributed by atoms with van der Waals surface area (Å²) in [5.41, 5.74) is 0.451. The van der Waals surface area contributed by atoms with Crippen molar-refractivity contribution in [1.82, 2.24) is 5.32 Å². The number of rotatable bonds is 9. The van der Waals surface area contributed by atoms with Crippen LogP contribution in [-0.4, -0.2) is 36.2 Å². The first-order valence-corrected chi connectivity index (χ1v) is 7.75. The molecule has 0 aliphatic rings. The number of carbonyl (C=O) groups is 2. The van der Waals surface area contributed by atoms with Crippen LogP contribution in [-0.2, 0) is 4.79 Å². The molecule has 1 amide bonds. The lowest BCUT2D eigenvalue weighted by atomic mass is 10.0. The maximum absolute atomic E-state index is 12.3. The summed E-state index contributed by atoms with van der Waals surface area (Å²) in [4.78, 5) is 22.9. The van der Waals surface area contributed by atoms with Crippen molar-refractivity contribution in [3.63, 3.8) is 0 Å². The molecule has 0 radical (unpaired) electrons. The summed E-state index contributed by atoms with van der Waals surface area (Å²) in [5.74, 6) is -0.101. The average Bonchev–Trinajstić information content (AvgIpc) is 2.45. The van der Waals surface area contributed by atoms with Crippen molar-refractivity contribution in [3.05, 3.63) is 23.8 Å². The summed E-state index contributed by atoms with van der Waals surface area (Å²) >= 11 is 0. The fraction of sp³-hybridized carbons (Fsp3) is 0.529. The second-order valence-electron chi connectivity index (χ2n) is 5.78. The Morgan fingerprint density at radius 2 is 1.87 bits per heavy atom. The molecule has 0 heterocycles. The van der Waals surface area contributed by atoms with Gasteiger partial charge in [0.2, 0.25) is 0 Å². The molecule has 23 heavy (non-hydrogen) atoms. The molecule has 1 rings (SSSR count). The minimum atomic E-state index is -1.07. The van der Waals surface area contributed by atoms with Crippen molar-refractivity contribution in [2.24, 2.45) is 5.92 Å². The van der Waals surface area contributed by atoms with E-state index in [9.17, 15) is 9.59 Å². The highest BCUT2D eigenvalue weighted by Crippen LogP contribution is 2.28. The molecule has 6 heteroatoms. The number of benzene rings is 1. The molecular weight excluding hydrogens is 298 g/mol. The normalized spacial score (nSPS) is 11.9. The predicted molar refractivity (Wildman–Crippen MR) is 87.1 cm³/mol. The van der Waals surface area contributed by atoms with Crippen LogP contribution < -0.4 is 14.8 Å². The van der Waals surface area contributed by atoms with E-state index in [1.807, 2.05) is 6.92 Å². The number of carboxylic acids is 1. The Hall–Kier alpha value is -2.24. The van der Waals surface area contributed by atoms with Crippen molar-refractivity contribution in [2.45, 2.75) is 40.2 Å². The van der Waals surface area contributed by atoms with Crippen molar-refractivity contribution in [2.75, 3.05) is 13.2 Å². The average molecular weight is 323 g/mol. The number of amides is 1. The maximum atomic E-state index is 12.3. The van der Waals surface area contributed by atoms with Gasteiger partial charge >= 0.3 is 5.97 Å². The van der Waals surface area contributed by atoms with E-state index in [0.717, 1.165) is 6.42 Å². The highest BCUT2D eigenvalue weighted by atomic mass is 16.5. The van der Waals surface area contributed by atoms with Crippen LogP contribution in [0, 0.1) is 5.92 Å². The molecule has 0 saturated heterocycles. The molecule has 0 aliphatic heterocycles. The van der Waals surface area contributed by atoms with Crippen molar-refractivity contribution in [1.29, 1.82) is 0 Å². The number of hydrogen-bond acceptors (Lipinski definition) is 4. The van der Waals surface area contributed by atoms with Crippen molar-refractivity contribution < 1.29 is 24.2 Å². The number of carboxylic acid groups (broad SMARTS) is 1.